The third kappa shape index (κ3) is 1.59. The standard InChI is InChI=1S/C9H13NO2/c1-2-3-4-9(8(11)12)5-6-10-7-9/h10H,4-7H2,1H3,(H,11,12). The van der Waals surface area contributed by atoms with E-state index in [1.54, 1.807) is 6.92 Å². The van der Waals surface area contributed by atoms with Gasteiger partial charge in [0.25, 0.3) is 0 Å². The molecule has 0 amide bonds. The maximum atomic E-state index is 10.9. The van der Waals surface area contributed by atoms with E-state index in [1.165, 1.54) is 0 Å². The Morgan fingerprint density at radius 1 is 1.75 bits per heavy atom. The van der Waals surface area contributed by atoms with Gasteiger partial charge in [-0.15, -0.1) is 11.8 Å². The van der Waals surface area contributed by atoms with Gasteiger partial charge in [0, 0.05) is 13.0 Å². The van der Waals surface area contributed by atoms with Gasteiger partial charge in [-0.05, 0) is 19.9 Å². The Morgan fingerprint density at radius 2 is 2.50 bits per heavy atom. The van der Waals surface area contributed by atoms with Crippen LogP contribution in [-0.4, -0.2) is 24.2 Å². The average Bonchev–Trinajstić information content (AvgIpc) is 2.50. The van der Waals surface area contributed by atoms with E-state index in [0.29, 0.717) is 19.4 Å². The van der Waals surface area contributed by atoms with Crippen LogP contribution in [-0.2, 0) is 4.79 Å². The number of hydrogen-bond acceptors (Lipinski definition) is 2. The van der Waals surface area contributed by atoms with Crippen molar-refractivity contribution in [1.82, 2.24) is 5.32 Å². The predicted molar refractivity (Wildman–Crippen MR) is 45.6 cm³/mol. The van der Waals surface area contributed by atoms with E-state index in [0.717, 1.165) is 6.54 Å². The van der Waals surface area contributed by atoms with Crippen molar-refractivity contribution in [2.45, 2.75) is 19.8 Å². The van der Waals surface area contributed by atoms with Gasteiger partial charge in [0.1, 0.15) is 0 Å². The topological polar surface area (TPSA) is 49.3 Å². The van der Waals surface area contributed by atoms with E-state index in [9.17, 15) is 4.79 Å². The quantitative estimate of drug-likeness (QED) is 0.587. The van der Waals surface area contributed by atoms with Gasteiger partial charge in [-0.3, -0.25) is 4.79 Å². The van der Waals surface area contributed by atoms with Crippen LogP contribution >= 0.6 is 0 Å². The Hall–Kier alpha value is -1.01. The van der Waals surface area contributed by atoms with Crippen LogP contribution in [0.3, 0.4) is 0 Å². The predicted octanol–water partition coefficient (Wildman–Crippen LogP) is 0.464. The maximum absolute atomic E-state index is 10.9. The molecule has 66 valence electrons. The van der Waals surface area contributed by atoms with Gasteiger partial charge in [-0.2, -0.15) is 0 Å². The van der Waals surface area contributed by atoms with Crippen LogP contribution in [0.2, 0.25) is 0 Å². The minimum absolute atomic E-state index is 0.464. The molecule has 1 aliphatic heterocycles. The molecule has 2 N–H and O–H groups in total. The second kappa shape index (κ2) is 3.59. The molecule has 0 aromatic rings. The Bertz CT molecular complexity index is 231. The molecule has 1 rings (SSSR count). The molecule has 3 nitrogen and oxygen atoms in total. The summed E-state index contributed by atoms with van der Waals surface area (Å²) in [7, 11) is 0. The van der Waals surface area contributed by atoms with Crippen LogP contribution in [0.4, 0.5) is 0 Å². The minimum Gasteiger partial charge on any atom is -0.481 e. The number of nitrogens with one attached hydrogen (secondary N) is 1. The fraction of sp³-hybridized carbons (Fsp3) is 0.667. The summed E-state index contributed by atoms with van der Waals surface area (Å²) in [5, 5.41) is 12.0. The minimum atomic E-state index is -0.727. The molecule has 1 aliphatic rings. The van der Waals surface area contributed by atoms with Gasteiger partial charge < -0.3 is 10.4 Å². The third-order valence-electron chi connectivity index (χ3n) is 2.30. The fourth-order valence-corrected chi connectivity index (χ4v) is 1.41. The van der Waals surface area contributed by atoms with Gasteiger partial charge >= 0.3 is 5.97 Å². The van der Waals surface area contributed by atoms with Gasteiger partial charge in [-0.25, -0.2) is 0 Å². The lowest BCUT2D eigenvalue weighted by atomic mass is 9.84. The summed E-state index contributed by atoms with van der Waals surface area (Å²) >= 11 is 0. The number of carboxylic acid groups (broad SMARTS) is 1. The second-order valence-electron chi connectivity index (χ2n) is 3.12. The zero-order chi connectivity index (χ0) is 9.03. The molecule has 1 saturated heterocycles. The van der Waals surface area contributed by atoms with E-state index in [4.69, 9.17) is 5.11 Å². The number of carbonyl (C=O) groups is 1. The molecule has 0 saturated carbocycles. The van der Waals surface area contributed by atoms with Crippen LogP contribution < -0.4 is 5.32 Å². The number of hydrogen-bond donors (Lipinski definition) is 2. The van der Waals surface area contributed by atoms with Gasteiger partial charge in [-0.1, -0.05) is 0 Å². The number of aliphatic carboxylic acids is 1. The van der Waals surface area contributed by atoms with Crippen molar-refractivity contribution < 1.29 is 9.90 Å². The summed E-state index contributed by atoms with van der Waals surface area (Å²) in [6.07, 6.45) is 1.16. The van der Waals surface area contributed by atoms with Crippen molar-refractivity contribution in [3.63, 3.8) is 0 Å². The summed E-state index contributed by atoms with van der Waals surface area (Å²) in [5.41, 5.74) is -0.622. The van der Waals surface area contributed by atoms with E-state index in [2.05, 4.69) is 17.2 Å². The first kappa shape index (κ1) is 9.08. The molecule has 3 heteroatoms. The van der Waals surface area contributed by atoms with Crippen molar-refractivity contribution in [2.75, 3.05) is 13.1 Å². The smallest absolute Gasteiger partial charge is 0.311 e. The summed E-state index contributed by atoms with van der Waals surface area (Å²) in [5.74, 6) is 4.85. The lowest BCUT2D eigenvalue weighted by molar-refractivity contribution is -0.147. The van der Waals surface area contributed by atoms with E-state index < -0.39 is 11.4 Å². The lowest BCUT2D eigenvalue weighted by Crippen LogP contribution is -2.32. The second-order valence-corrected chi connectivity index (χ2v) is 3.12. The SMILES string of the molecule is CC#CCC1(C(=O)O)CCNC1. The molecule has 1 fully saturated rings. The molecule has 0 aromatic carbocycles. The Morgan fingerprint density at radius 3 is 2.92 bits per heavy atom. The van der Waals surface area contributed by atoms with Gasteiger partial charge in [0.15, 0.2) is 0 Å². The van der Waals surface area contributed by atoms with Crippen LogP contribution in [0.5, 0.6) is 0 Å². The van der Waals surface area contributed by atoms with Gasteiger partial charge in [0.05, 0.1) is 5.41 Å². The molecule has 1 heterocycles. The molecule has 0 bridgehead atoms. The van der Waals surface area contributed by atoms with E-state index >= 15 is 0 Å². The monoisotopic (exact) mass is 167 g/mol. The summed E-state index contributed by atoms with van der Waals surface area (Å²) in [4.78, 5) is 10.9. The average molecular weight is 167 g/mol. The van der Waals surface area contributed by atoms with Crippen LogP contribution in [0.1, 0.15) is 19.8 Å². The van der Waals surface area contributed by atoms with Gasteiger partial charge in [0.2, 0.25) is 0 Å². The Balaban J connectivity index is 2.69. The summed E-state index contributed by atoms with van der Waals surface area (Å²) < 4.78 is 0. The highest BCUT2D eigenvalue weighted by atomic mass is 16.4. The van der Waals surface area contributed by atoms with Crippen LogP contribution in [0, 0.1) is 17.3 Å². The zero-order valence-corrected chi connectivity index (χ0v) is 7.18. The first-order chi connectivity index (χ1) is 5.71. The molecular weight excluding hydrogens is 154 g/mol. The maximum Gasteiger partial charge on any atom is 0.311 e. The first-order valence-electron chi connectivity index (χ1n) is 4.05. The van der Waals surface area contributed by atoms with Crippen molar-refractivity contribution in [3.8, 4) is 11.8 Å². The van der Waals surface area contributed by atoms with Crippen molar-refractivity contribution in [2.24, 2.45) is 5.41 Å². The Kier molecular flexibility index (Phi) is 2.72. The molecule has 12 heavy (non-hydrogen) atoms. The fourth-order valence-electron chi connectivity index (χ4n) is 1.41. The Labute approximate surface area is 72.2 Å². The van der Waals surface area contributed by atoms with Crippen molar-refractivity contribution >= 4 is 5.97 Å². The molecular formula is C9H13NO2. The first-order valence-corrected chi connectivity index (χ1v) is 4.05. The highest BCUT2D eigenvalue weighted by Gasteiger charge is 2.40. The normalized spacial score (nSPS) is 27.8. The van der Waals surface area contributed by atoms with Crippen LogP contribution in [0.25, 0.3) is 0 Å². The number of carboxylic acids is 1. The molecule has 0 spiro atoms. The third-order valence-corrected chi connectivity index (χ3v) is 2.30. The van der Waals surface area contributed by atoms with Crippen molar-refractivity contribution in [1.29, 1.82) is 0 Å². The number of rotatable bonds is 2. The summed E-state index contributed by atoms with van der Waals surface area (Å²) in [6, 6.07) is 0. The van der Waals surface area contributed by atoms with E-state index in [1.807, 2.05) is 0 Å². The highest BCUT2D eigenvalue weighted by Crippen LogP contribution is 2.29. The molecule has 0 radical (unpaired) electrons. The van der Waals surface area contributed by atoms with Crippen molar-refractivity contribution in [3.05, 3.63) is 0 Å². The highest BCUT2D eigenvalue weighted by molar-refractivity contribution is 5.75. The molecule has 0 aliphatic carbocycles. The van der Waals surface area contributed by atoms with Crippen LogP contribution in [0.15, 0.2) is 0 Å². The zero-order valence-electron chi connectivity index (χ0n) is 7.18. The molecule has 0 aromatic heterocycles. The molecule has 1 atom stereocenters. The summed E-state index contributed by atoms with van der Waals surface area (Å²) in [6.45, 7) is 3.08. The lowest BCUT2D eigenvalue weighted by Gasteiger charge is -2.19. The largest absolute Gasteiger partial charge is 0.481 e. The van der Waals surface area contributed by atoms with E-state index in [-0.39, 0.29) is 0 Å². The molecule has 1 unspecified atom stereocenters.